The number of carbonyl (C=O) groups is 2. The summed E-state index contributed by atoms with van der Waals surface area (Å²) in [5, 5.41) is 0. The molecule has 1 fully saturated rings. The molecule has 1 saturated heterocycles. The second-order valence-electron chi connectivity index (χ2n) is 5.46. The molecule has 1 heterocycles. The fourth-order valence-electron chi connectivity index (χ4n) is 2.64. The van der Waals surface area contributed by atoms with Crippen LogP contribution in [0.25, 0.3) is 0 Å². The quantitative estimate of drug-likeness (QED) is 0.350. The molecule has 0 aliphatic carbocycles. The second-order valence-corrected chi connectivity index (χ2v) is 7.44. The van der Waals surface area contributed by atoms with Crippen LogP contribution in [0.1, 0.15) is 17.3 Å². The number of nitrogens with zero attached hydrogens (tertiary/aromatic N) is 1. The average Bonchev–Trinajstić information content (AvgIpc) is 2.86. The number of rotatable bonds is 5. The van der Waals surface area contributed by atoms with E-state index >= 15 is 0 Å². The summed E-state index contributed by atoms with van der Waals surface area (Å²) in [6.45, 7) is 5.16. The molecule has 0 unspecified atom stereocenters. The lowest BCUT2D eigenvalue weighted by molar-refractivity contribution is -0.149. The van der Waals surface area contributed by atoms with Crippen molar-refractivity contribution in [3.05, 3.63) is 48.0 Å². The van der Waals surface area contributed by atoms with Gasteiger partial charge in [-0.1, -0.05) is 36.9 Å². The number of carbonyl (C=O) groups excluding carboxylic acids is 2. The maximum absolute atomic E-state index is 13.0. The summed E-state index contributed by atoms with van der Waals surface area (Å²) in [5.41, 5.74) is -1.15. The predicted molar refractivity (Wildman–Crippen MR) is 85.4 cm³/mol. The number of benzene rings is 1. The zero-order chi connectivity index (χ0) is 17.3. The lowest BCUT2D eigenvalue weighted by Gasteiger charge is -2.26. The monoisotopic (exact) mass is 337 g/mol. The Morgan fingerprint density at radius 1 is 1.30 bits per heavy atom. The maximum atomic E-state index is 13.0. The van der Waals surface area contributed by atoms with Crippen LogP contribution >= 0.6 is 0 Å². The lowest BCUT2D eigenvalue weighted by atomic mass is 9.76. The number of hydrogen-bond acceptors (Lipinski definition) is 5. The predicted octanol–water partition coefficient (Wildman–Crippen LogP) is 1.25. The Morgan fingerprint density at radius 3 is 2.39 bits per heavy atom. The summed E-state index contributed by atoms with van der Waals surface area (Å²) in [6, 6.07) is 8.27. The zero-order valence-corrected chi connectivity index (χ0v) is 13.9. The van der Waals surface area contributed by atoms with E-state index in [4.69, 9.17) is 4.74 Å². The first kappa shape index (κ1) is 17.4. The molecule has 0 radical (unpaired) electrons. The van der Waals surface area contributed by atoms with Gasteiger partial charge in [0.25, 0.3) is 0 Å². The number of esters is 1. The van der Waals surface area contributed by atoms with Crippen molar-refractivity contribution >= 4 is 21.8 Å². The van der Waals surface area contributed by atoms with Gasteiger partial charge in [0.05, 0.1) is 12.9 Å². The van der Waals surface area contributed by atoms with E-state index in [9.17, 15) is 18.0 Å². The van der Waals surface area contributed by atoms with Gasteiger partial charge >= 0.3 is 5.97 Å². The van der Waals surface area contributed by atoms with Crippen molar-refractivity contribution in [1.82, 2.24) is 4.31 Å². The molecule has 1 aromatic carbocycles. The molecule has 0 saturated carbocycles. The number of Topliss-reactive ketones (excluding diaryl/α,β-unsaturated/α-hetero) is 1. The molecule has 0 aromatic heterocycles. The smallest absolute Gasteiger partial charge is 0.325 e. The summed E-state index contributed by atoms with van der Waals surface area (Å²) >= 11 is 0. The Labute approximate surface area is 135 Å². The Morgan fingerprint density at radius 2 is 1.91 bits per heavy atom. The van der Waals surface area contributed by atoms with Crippen molar-refractivity contribution in [3.63, 3.8) is 0 Å². The van der Waals surface area contributed by atoms with Gasteiger partial charge in [-0.05, 0) is 12.5 Å². The first-order valence-corrected chi connectivity index (χ1v) is 8.98. The normalized spacial score (nSPS) is 22.1. The van der Waals surface area contributed by atoms with E-state index in [1.165, 1.54) is 0 Å². The average molecular weight is 337 g/mol. The van der Waals surface area contributed by atoms with Gasteiger partial charge in [-0.2, -0.15) is 4.31 Å². The van der Waals surface area contributed by atoms with Crippen LogP contribution in [-0.4, -0.2) is 50.4 Å². The van der Waals surface area contributed by atoms with Crippen LogP contribution in [0, 0.1) is 5.41 Å². The van der Waals surface area contributed by atoms with Crippen LogP contribution in [0.5, 0.6) is 0 Å². The third-order valence-corrected chi connectivity index (χ3v) is 5.10. The Balaban J connectivity index is 2.53. The number of ether oxygens (including phenoxy) is 1. The molecule has 23 heavy (non-hydrogen) atoms. The molecule has 0 amide bonds. The van der Waals surface area contributed by atoms with Crippen molar-refractivity contribution in [2.75, 3.05) is 26.0 Å². The molecule has 124 valence electrons. The van der Waals surface area contributed by atoms with Gasteiger partial charge in [0.2, 0.25) is 10.0 Å². The van der Waals surface area contributed by atoms with Crippen molar-refractivity contribution in [1.29, 1.82) is 0 Å². The lowest BCUT2D eigenvalue weighted by Crippen LogP contribution is -2.44. The highest BCUT2D eigenvalue weighted by atomic mass is 32.2. The van der Waals surface area contributed by atoms with Crippen LogP contribution in [0.2, 0.25) is 0 Å². The van der Waals surface area contributed by atoms with E-state index in [0.29, 0.717) is 5.56 Å². The fourth-order valence-corrected chi connectivity index (χ4v) is 3.46. The van der Waals surface area contributed by atoms with Gasteiger partial charge in [0.1, 0.15) is 0 Å². The molecule has 1 aliphatic heterocycles. The fraction of sp³-hybridized carbons (Fsp3) is 0.375. The minimum Gasteiger partial charge on any atom is -0.465 e. The van der Waals surface area contributed by atoms with Crippen molar-refractivity contribution in [2.45, 2.75) is 6.92 Å². The highest BCUT2D eigenvalue weighted by Gasteiger charge is 2.56. The first-order chi connectivity index (χ1) is 10.7. The van der Waals surface area contributed by atoms with Crippen LogP contribution in [0.3, 0.4) is 0 Å². The van der Waals surface area contributed by atoms with Gasteiger partial charge < -0.3 is 4.74 Å². The highest BCUT2D eigenvalue weighted by molar-refractivity contribution is 7.88. The van der Waals surface area contributed by atoms with Crippen LogP contribution in [0.15, 0.2) is 42.5 Å². The van der Waals surface area contributed by atoms with Gasteiger partial charge in [-0.3, -0.25) is 9.59 Å². The van der Waals surface area contributed by atoms with Gasteiger partial charge in [0.15, 0.2) is 11.2 Å². The molecular formula is C16H19NO5S. The van der Waals surface area contributed by atoms with Crippen molar-refractivity contribution in [3.8, 4) is 0 Å². The third-order valence-electron chi connectivity index (χ3n) is 3.90. The first-order valence-electron chi connectivity index (χ1n) is 7.14. The van der Waals surface area contributed by atoms with Gasteiger partial charge in [-0.25, -0.2) is 8.42 Å². The molecule has 2 rings (SSSR count). The molecular weight excluding hydrogens is 318 g/mol. The van der Waals surface area contributed by atoms with E-state index in [0.717, 1.165) is 10.6 Å². The van der Waals surface area contributed by atoms with Gasteiger partial charge in [-0.15, -0.1) is 0 Å². The third kappa shape index (κ3) is 3.07. The van der Waals surface area contributed by atoms with Crippen molar-refractivity contribution in [2.24, 2.45) is 5.41 Å². The summed E-state index contributed by atoms with van der Waals surface area (Å²) in [4.78, 5) is 25.5. The Kier molecular flexibility index (Phi) is 4.72. The van der Waals surface area contributed by atoms with E-state index in [1.54, 1.807) is 37.3 Å². The van der Waals surface area contributed by atoms with E-state index in [-0.39, 0.29) is 25.3 Å². The molecule has 1 atom stereocenters. The topological polar surface area (TPSA) is 80.8 Å². The zero-order valence-electron chi connectivity index (χ0n) is 13.1. The van der Waals surface area contributed by atoms with E-state index < -0.39 is 27.2 Å². The molecule has 1 aromatic rings. The summed E-state index contributed by atoms with van der Waals surface area (Å²) in [7, 11) is -3.56. The molecule has 6 nitrogen and oxygen atoms in total. The molecule has 1 aliphatic rings. The van der Waals surface area contributed by atoms with Crippen LogP contribution in [0.4, 0.5) is 0 Å². The minimum atomic E-state index is -3.56. The summed E-state index contributed by atoms with van der Waals surface area (Å²) in [5.74, 6) is -1.25. The second kappa shape index (κ2) is 6.25. The SMILES string of the molecule is C=C1CN(S(C)(=O)=O)C[C@@]1(C(=O)OCC)C(=O)c1ccccc1. The van der Waals surface area contributed by atoms with E-state index in [2.05, 4.69) is 6.58 Å². The number of sulfonamides is 1. The standard InChI is InChI=1S/C16H19NO5S/c1-4-22-15(19)16(14(18)13-8-6-5-7-9-13)11-17(10-12(16)2)23(3,20)21/h5-9H,2,4,10-11H2,1,3H3/t16-/m0/s1. The minimum absolute atomic E-state index is 0.0732. The summed E-state index contributed by atoms with van der Waals surface area (Å²) in [6.07, 6.45) is 1.04. The highest BCUT2D eigenvalue weighted by Crippen LogP contribution is 2.40. The van der Waals surface area contributed by atoms with Crippen LogP contribution in [-0.2, 0) is 19.6 Å². The number of ketones is 1. The van der Waals surface area contributed by atoms with Gasteiger partial charge in [0, 0.05) is 18.7 Å². The molecule has 0 bridgehead atoms. The van der Waals surface area contributed by atoms with Crippen molar-refractivity contribution < 1.29 is 22.7 Å². The molecule has 7 heteroatoms. The molecule has 0 N–H and O–H groups in total. The maximum Gasteiger partial charge on any atom is 0.325 e. The number of hydrogen-bond donors (Lipinski definition) is 0. The Bertz CT molecular complexity index is 741. The van der Waals surface area contributed by atoms with E-state index in [1.807, 2.05) is 0 Å². The summed E-state index contributed by atoms with van der Waals surface area (Å²) < 4.78 is 29.8. The van der Waals surface area contributed by atoms with Crippen LogP contribution < -0.4 is 0 Å². The largest absolute Gasteiger partial charge is 0.465 e. The molecule has 0 spiro atoms. The Hall–Kier alpha value is -1.99.